The van der Waals surface area contributed by atoms with Crippen molar-refractivity contribution >= 4 is 17.3 Å². The first-order chi connectivity index (χ1) is 9.70. The Balaban J connectivity index is 2.10. The zero-order chi connectivity index (χ0) is 14.1. The maximum atomic E-state index is 12.3. The van der Waals surface area contributed by atoms with Gasteiger partial charge in [-0.05, 0) is 24.3 Å². The van der Waals surface area contributed by atoms with Gasteiger partial charge in [0, 0.05) is 0 Å². The molecule has 0 radical (unpaired) electrons. The molecule has 0 aliphatic carbocycles. The number of hydrogen-bond donors (Lipinski definition) is 1. The first-order valence-corrected chi connectivity index (χ1v) is 6.30. The fourth-order valence-corrected chi connectivity index (χ4v) is 2.25. The minimum absolute atomic E-state index is 0.165. The lowest BCUT2D eigenvalue weighted by Gasteiger charge is -2.31. The Morgan fingerprint density at radius 1 is 0.900 bits per heavy atom. The molecule has 0 aromatic heterocycles. The van der Waals surface area contributed by atoms with Crippen LogP contribution in [0.3, 0.4) is 0 Å². The van der Waals surface area contributed by atoms with Gasteiger partial charge in [-0.15, -0.1) is 0 Å². The highest BCUT2D eigenvalue weighted by atomic mass is 16.3. The van der Waals surface area contributed by atoms with E-state index in [4.69, 9.17) is 0 Å². The maximum absolute atomic E-state index is 12.3. The fourth-order valence-electron chi connectivity index (χ4n) is 2.25. The van der Waals surface area contributed by atoms with Crippen molar-refractivity contribution in [2.24, 2.45) is 0 Å². The van der Waals surface area contributed by atoms with E-state index in [1.165, 1.54) is 5.01 Å². The molecule has 1 saturated heterocycles. The predicted octanol–water partition coefficient (Wildman–Crippen LogP) is 2.33. The van der Waals surface area contributed by atoms with E-state index >= 15 is 0 Å². The lowest BCUT2D eigenvalue weighted by molar-refractivity contribution is -0.114. The van der Waals surface area contributed by atoms with Gasteiger partial charge in [0.25, 0.3) is 5.91 Å². The largest absolute Gasteiger partial charge is 0.368 e. The Morgan fingerprint density at radius 3 is 1.95 bits per heavy atom. The molecule has 2 aromatic carbocycles. The summed E-state index contributed by atoms with van der Waals surface area (Å²) in [5.41, 5.74) is 1.59. The minimum Gasteiger partial charge on any atom is -0.368 e. The van der Waals surface area contributed by atoms with Gasteiger partial charge in [0.2, 0.25) is 0 Å². The number of anilines is 2. The quantitative estimate of drug-likeness (QED) is 0.848. The molecule has 4 nitrogen and oxygen atoms in total. The molecule has 1 N–H and O–H groups in total. The third-order valence-corrected chi connectivity index (χ3v) is 3.25. The molecular formula is C16H14N2O2. The molecule has 0 spiro atoms. The van der Waals surface area contributed by atoms with Crippen LogP contribution in [-0.2, 0) is 4.79 Å². The highest BCUT2D eigenvalue weighted by Crippen LogP contribution is 2.32. The number of hydrogen-bond acceptors (Lipinski definition) is 3. The van der Waals surface area contributed by atoms with E-state index in [9.17, 15) is 9.90 Å². The lowest BCUT2D eigenvalue weighted by Crippen LogP contribution is -2.43. The minimum atomic E-state index is -1.05. The summed E-state index contributed by atoms with van der Waals surface area (Å²) in [6, 6.07) is 18.5. The topological polar surface area (TPSA) is 43.8 Å². The summed E-state index contributed by atoms with van der Waals surface area (Å²) in [5, 5.41) is 13.3. The highest BCUT2D eigenvalue weighted by molar-refractivity contribution is 6.11. The summed E-state index contributed by atoms with van der Waals surface area (Å²) in [5.74, 6) is -0.299. The monoisotopic (exact) mass is 266 g/mol. The van der Waals surface area contributed by atoms with Crippen LogP contribution in [0.1, 0.15) is 0 Å². The number of carbonyl (C=O) groups is 1. The van der Waals surface area contributed by atoms with Crippen molar-refractivity contribution in [3.8, 4) is 0 Å². The average molecular weight is 266 g/mol. The second-order valence-electron chi connectivity index (χ2n) is 4.53. The van der Waals surface area contributed by atoms with Gasteiger partial charge in [-0.2, -0.15) is 0 Å². The van der Waals surface area contributed by atoms with Crippen LogP contribution in [0, 0.1) is 0 Å². The molecule has 100 valence electrons. The van der Waals surface area contributed by atoms with Crippen molar-refractivity contribution in [1.29, 1.82) is 0 Å². The summed E-state index contributed by atoms with van der Waals surface area (Å²) in [4.78, 5) is 12.3. The van der Waals surface area contributed by atoms with Crippen LogP contribution in [0.4, 0.5) is 11.4 Å². The number of benzene rings is 2. The van der Waals surface area contributed by atoms with Crippen molar-refractivity contribution in [3.05, 3.63) is 72.8 Å². The van der Waals surface area contributed by atoms with Crippen LogP contribution in [0.15, 0.2) is 72.8 Å². The Labute approximate surface area is 117 Å². The van der Waals surface area contributed by atoms with Gasteiger partial charge in [0.1, 0.15) is 0 Å². The second-order valence-corrected chi connectivity index (χ2v) is 4.53. The number of hydrazine groups is 1. The number of carbonyl (C=O) groups excluding carboxylic acids is 1. The number of aliphatic hydroxyl groups is 1. The average Bonchev–Trinajstić information content (AvgIpc) is 2.73. The van der Waals surface area contributed by atoms with Crippen molar-refractivity contribution in [2.75, 3.05) is 10.0 Å². The molecule has 2 aromatic rings. The zero-order valence-corrected chi connectivity index (χ0v) is 10.8. The van der Waals surface area contributed by atoms with Crippen molar-refractivity contribution in [3.63, 3.8) is 0 Å². The number of aliphatic hydroxyl groups excluding tert-OH is 1. The van der Waals surface area contributed by atoms with Gasteiger partial charge in [0.15, 0.2) is 6.23 Å². The molecule has 1 amide bonds. The van der Waals surface area contributed by atoms with Gasteiger partial charge >= 0.3 is 0 Å². The van der Waals surface area contributed by atoms with Crippen LogP contribution < -0.4 is 10.0 Å². The standard InChI is InChI=1S/C16H14N2O2/c1-12-15(19)17(13-8-4-2-5-9-13)18(16(12)20)14-10-6-3-7-11-14/h2-11,15,19H,1H2. The van der Waals surface area contributed by atoms with Crippen LogP contribution in [0.2, 0.25) is 0 Å². The number of para-hydroxylation sites is 2. The first-order valence-electron chi connectivity index (χ1n) is 6.30. The number of rotatable bonds is 2. The number of nitrogens with zero attached hydrogens (tertiary/aromatic N) is 2. The van der Waals surface area contributed by atoms with Crippen LogP contribution in [0.5, 0.6) is 0 Å². The Morgan fingerprint density at radius 2 is 1.40 bits per heavy atom. The molecule has 0 bridgehead atoms. The van der Waals surface area contributed by atoms with E-state index in [0.29, 0.717) is 5.69 Å². The van der Waals surface area contributed by atoms with Gasteiger partial charge in [-0.3, -0.25) is 4.79 Å². The van der Waals surface area contributed by atoms with Crippen molar-refractivity contribution in [1.82, 2.24) is 0 Å². The smallest absolute Gasteiger partial charge is 0.277 e. The van der Waals surface area contributed by atoms with Gasteiger partial charge in [0.05, 0.1) is 16.9 Å². The SMILES string of the molecule is C=C1C(=O)N(c2ccccc2)N(c2ccccc2)C1O. The van der Waals surface area contributed by atoms with E-state index in [1.807, 2.05) is 60.7 Å². The third-order valence-electron chi connectivity index (χ3n) is 3.25. The van der Waals surface area contributed by atoms with E-state index < -0.39 is 6.23 Å². The van der Waals surface area contributed by atoms with E-state index in [2.05, 4.69) is 6.58 Å². The molecule has 4 heteroatoms. The summed E-state index contributed by atoms with van der Waals surface area (Å²) in [7, 11) is 0. The summed E-state index contributed by atoms with van der Waals surface area (Å²) < 4.78 is 0. The molecule has 1 aliphatic heterocycles. The van der Waals surface area contributed by atoms with Gasteiger partial charge < -0.3 is 5.11 Å². The molecule has 1 atom stereocenters. The van der Waals surface area contributed by atoms with Crippen molar-refractivity contribution in [2.45, 2.75) is 6.23 Å². The fraction of sp³-hybridized carbons (Fsp3) is 0.0625. The Kier molecular flexibility index (Phi) is 3.00. The molecule has 1 unspecified atom stereocenters. The maximum Gasteiger partial charge on any atom is 0.277 e. The van der Waals surface area contributed by atoms with Gasteiger partial charge in [-0.25, -0.2) is 10.0 Å². The van der Waals surface area contributed by atoms with E-state index in [-0.39, 0.29) is 11.5 Å². The molecule has 1 aliphatic rings. The molecule has 1 fully saturated rings. The molecule has 20 heavy (non-hydrogen) atoms. The van der Waals surface area contributed by atoms with Crippen LogP contribution >= 0.6 is 0 Å². The Hall–Kier alpha value is -2.59. The lowest BCUT2D eigenvalue weighted by atomic mass is 10.2. The van der Waals surface area contributed by atoms with E-state index in [1.54, 1.807) is 5.01 Å². The van der Waals surface area contributed by atoms with Crippen molar-refractivity contribution < 1.29 is 9.90 Å². The summed E-state index contributed by atoms with van der Waals surface area (Å²) >= 11 is 0. The molecule has 1 heterocycles. The normalized spacial score (nSPS) is 18.8. The second kappa shape index (κ2) is 4.83. The van der Waals surface area contributed by atoms with E-state index in [0.717, 1.165) is 5.69 Å². The van der Waals surface area contributed by atoms with Crippen LogP contribution in [0.25, 0.3) is 0 Å². The summed E-state index contributed by atoms with van der Waals surface area (Å²) in [6.45, 7) is 3.68. The van der Waals surface area contributed by atoms with Gasteiger partial charge in [-0.1, -0.05) is 43.0 Å². The summed E-state index contributed by atoms with van der Waals surface area (Å²) in [6.07, 6.45) is -1.05. The van der Waals surface area contributed by atoms with Crippen LogP contribution in [-0.4, -0.2) is 17.2 Å². The zero-order valence-electron chi connectivity index (χ0n) is 10.8. The number of amides is 1. The first kappa shape index (κ1) is 12.4. The highest BCUT2D eigenvalue weighted by Gasteiger charge is 2.41. The predicted molar refractivity (Wildman–Crippen MR) is 78.0 cm³/mol. The molecule has 3 rings (SSSR count). The molecule has 0 saturated carbocycles. The third kappa shape index (κ3) is 1.87. The molecular weight excluding hydrogens is 252 g/mol. The Bertz CT molecular complexity index is 640.